The number of benzene rings is 3. The Hall–Kier alpha value is -2.99. The second-order valence-corrected chi connectivity index (χ2v) is 6.99. The van der Waals surface area contributed by atoms with Crippen LogP contribution in [0, 0.1) is 5.82 Å². The number of fused-ring (bicyclic) bond motifs is 2. The lowest BCUT2D eigenvalue weighted by atomic mass is 10.2. The highest BCUT2D eigenvalue weighted by atomic mass is 32.2. The number of rotatable bonds is 4. The first-order valence-electron chi connectivity index (χ1n) is 8.54. The summed E-state index contributed by atoms with van der Waals surface area (Å²) in [6.45, 7) is 0.632. The summed E-state index contributed by atoms with van der Waals surface area (Å²) in [5.41, 5.74) is 1.72. The van der Waals surface area contributed by atoms with E-state index in [-0.39, 0.29) is 11.8 Å². The van der Waals surface area contributed by atoms with Crippen LogP contribution in [0.3, 0.4) is 0 Å². The van der Waals surface area contributed by atoms with Crippen molar-refractivity contribution >= 4 is 29.2 Å². The molecule has 2 amide bonds. The fourth-order valence-electron chi connectivity index (χ4n) is 2.86. The molecule has 3 aromatic carbocycles. The number of halogens is 1. The molecule has 0 unspecified atom stereocenters. The number of urea groups is 1. The van der Waals surface area contributed by atoms with E-state index in [1.807, 2.05) is 48.5 Å². The van der Waals surface area contributed by atoms with Crippen LogP contribution in [0.25, 0.3) is 0 Å². The van der Waals surface area contributed by atoms with E-state index in [9.17, 15) is 9.18 Å². The number of nitrogens with zero attached hydrogens (tertiary/aromatic N) is 1. The third-order valence-corrected chi connectivity index (χ3v) is 5.23. The molecule has 0 aliphatic carbocycles. The highest BCUT2D eigenvalue weighted by Gasteiger charge is 2.27. The van der Waals surface area contributed by atoms with Crippen molar-refractivity contribution in [2.24, 2.45) is 0 Å². The molecule has 1 aliphatic heterocycles. The van der Waals surface area contributed by atoms with Crippen LogP contribution in [0.15, 0.2) is 82.6 Å². The smallest absolute Gasteiger partial charge is 0.326 e. The standard InChI is InChI=1S/C21H17FN2O2S/c22-15-9-11-16(12-10-15)26-14-13-23-21(25)24-17-5-1-3-7-19(17)27-20-8-4-2-6-18(20)24/h1-12H,13-14H2,(H,23,25). The van der Waals surface area contributed by atoms with Gasteiger partial charge in [0.15, 0.2) is 0 Å². The molecule has 0 saturated heterocycles. The van der Waals surface area contributed by atoms with Gasteiger partial charge in [0, 0.05) is 9.79 Å². The van der Waals surface area contributed by atoms with Gasteiger partial charge in [0.2, 0.25) is 0 Å². The molecule has 136 valence electrons. The molecule has 4 nitrogen and oxygen atoms in total. The Bertz CT molecular complexity index is 917. The van der Waals surface area contributed by atoms with Gasteiger partial charge in [-0.25, -0.2) is 9.18 Å². The minimum atomic E-state index is -0.309. The summed E-state index contributed by atoms with van der Waals surface area (Å²) in [4.78, 5) is 16.6. The van der Waals surface area contributed by atoms with Crippen molar-refractivity contribution in [2.75, 3.05) is 18.1 Å². The fourth-order valence-corrected chi connectivity index (χ4v) is 3.92. The highest BCUT2D eigenvalue weighted by molar-refractivity contribution is 7.99. The Morgan fingerprint density at radius 2 is 1.52 bits per heavy atom. The zero-order valence-electron chi connectivity index (χ0n) is 14.4. The number of nitrogens with one attached hydrogen (secondary N) is 1. The summed E-state index contributed by atoms with van der Waals surface area (Å²) in [5, 5.41) is 2.89. The van der Waals surface area contributed by atoms with Crippen LogP contribution in [0.2, 0.25) is 0 Å². The van der Waals surface area contributed by atoms with Gasteiger partial charge in [-0.1, -0.05) is 36.0 Å². The first kappa shape index (κ1) is 17.4. The van der Waals surface area contributed by atoms with Gasteiger partial charge in [0.05, 0.1) is 17.9 Å². The molecular weight excluding hydrogens is 363 g/mol. The number of carbonyl (C=O) groups is 1. The Morgan fingerprint density at radius 3 is 2.15 bits per heavy atom. The van der Waals surface area contributed by atoms with Crippen molar-refractivity contribution in [1.82, 2.24) is 5.32 Å². The average Bonchev–Trinajstić information content (AvgIpc) is 2.70. The van der Waals surface area contributed by atoms with Crippen molar-refractivity contribution in [3.63, 3.8) is 0 Å². The van der Waals surface area contributed by atoms with E-state index in [4.69, 9.17) is 4.74 Å². The maximum absolute atomic E-state index is 12.9. The molecule has 0 saturated carbocycles. The van der Waals surface area contributed by atoms with Crippen LogP contribution in [-0.4, -0.2) is 19.2 Å². The molecule has 27 heavy (non-hydrogen) atoms. The molecule has 1 N–H and O–H groups in total. The van der Waals surface area contributed by atoms with E-state index in [1.54, 1.807) is 28.8 Å². The van der Waals surface area contributed by atoms with Crippen molar-refractivity contribution in [2.45, 2.75) is 9.79 Å². The van der Waals surface area contributed by atoms with Crippen LogP contribution >= 0.6 is 11.8 Å². The third-order valence-electron chi connectivity index (χ3n) is 4.10. The summed E-state index contributed by atoms with van der Waals surface area (Å²) >= 11 is 1.65. The molecule has 0 aromatic heterocycles. The molecule has 6 heteroatoms. The second kappa shape index (κ2) is 7.72. The van der Waals surface area contributed by atoms with Gasteiger partial charge in [-0.05, 0) is 48.5 Å². The van der Waals surface area contributed by atoms with Crippen LogP contribution in [0.1, 0.15) is 0 Å². The van der Waals surface area contributed by atoms with E-state index in [0.29, 0.717) is 18.9 Å². The lowest BCUT2D eigenvalue weighted by Crippen LogP contribution is -2.40. The minimum absolute atomic E-state index is 0.210. The van der Waals surface area contributed by atoms with Gasteiger partial charge in [-0.3, -0.25) is 4.90 Å². The Kier molecular flexibility index (Phi) is 4.98. The summed E-state index contributed by atoms with van der Waals surface area (Å²) in [7, 11) is 0. The molecule has 0 bridgehead atoms. The predicted octanol–water partition coefficient (Wildman–Crippen LogP) is 5.22. The highest BCUT2D eigenvalue weighted by Crippen LogP contribution is 2.47. The molecule has 3 aromatic rings. The third kappa shape index (κ3) is 3.75. The van der Waals surface area contributed by atoms with E-state index in [2.05, 4.69) is 5.32 Å². The van der Waals surface area contributed by atoms with Crippen molar-refractivity contribution in [1.29, 1.82) is 0 Å². The van der Waals surface area contributed by atoms with E-state index < -0.39 is 0 Å². The number of ether oxygens (including phenoxy) is 1. The maximum Gasteiger partial charge on any atom is 0.326 e. The molecule has 0 radical (unpaired) electrons. The van der Waals surface area contributed by atoms with E-state index >= 15 is 0 Å². The molecular formula is C21H17FN2O2S. The number of anilines is 2. The minimum Gasteiger partial charge on any atom is -0.492 e. The summed E-state index contributed by atoms with van der Waals surface area (Å²) in [6.07, 6.45) is 0. The Labute approximate surface area is 161 Å². The summed E-state index contributed by atoms with van der Waals surface area (Å²) < 4.78 is 18.4. The molecule has 1 aliphatic rings. The van der Waals surface area contributed by atoms with Gasteiger partial charge in [-0.2, -0.15) is 0 Å². The van der Waals surface area contributed by atoms with Crippen molar-refractivity contribution in [3.8, 4) is 5.75 Å². The zero-order chi connectivity index (χ0) is 18.6. The normalized spacial score (nSPS) is 12.1. The quantitative estimate of drug-likeness (QED) is 0.631. The SMILES string of the molecule is O=C(NCCOc1ccc(F)cc1)N1c2ccccc2Sc2ccccc21. The van der Waals surface area contributed by atoms with E-state index in [1.165, 1.54) is 12.1 Å². The van der Waals surface area contributed by atoms with Gasteiger partial charge in [0.25, 0.3) is 0 Å². The Morgan fingerprint density at radius 1 is 0.926 bits per heavy atom. The van der Waals surface area contributed by atoms with Gasteiger partial charge in [0.1, 0.15) is 18.2 Å². The lowest BCUT2D eigenvalue weighted by Gasteiger charge is -2.31. The lowest BCUT2D eigenvalue weighted by molar-refractivity contribution is 0.243. The Balaban J connectivity index is 1.45. The zero-order valence-corrected chi connectivity index (χ0v) is 15.2. The fraction of sp³-hybridized carbons (Fsp3) is 0.0952. The number of amides is 2. The maximum atomic E-state index is 12.9. The first-order chi connectivity index (χ1) is 13.2. The largest absolute Gasteiger partial charge is 0.492 e. The molecule has 0 atom stereocenters. The van der Waals surface area contributed by atoms with E-state index in [0.717, 1.165) is 21.2 Å². The van der Waals surface area contributed by atoms with Crippen molar-refractivity contribution < 1.29 is 13.9 Å². The summed E-state index contributed by atoms with van der Waals surface area (Å²) in [6, 6.07) is 21.3. The number of carbonyl (C=O) groups excluding carboxylic acids is 1. The van der Waals surface area contributed by atoms with Gasteiger partial charge in [-0.15, -0.1) is 0 Å². The molecule has 0 spiro atoms. The molecule has 1 heterocycles. The van der Waals surface area contributed by atoms with Gasteiger partial charge >= 0.3 is 6.03 Å². The summed E-state index contributed by atoms with van der Waals surface area (Å²) in [5.74, 6) is 0.256. The van der Waals surface area contributed by atoms with Crippen LogP contribution in [0.4, 0.5) is 20.6 Å². The topological polar surface area (TPSA) is 41.6 Å². The number of hydrogen-bond acceptors (Lipinski definition) is 3. The number of para-hydroxylation sites is 2. The second-order valence-electron chi connectivity index (χ2n) is 5.91. The molecule has 4 rings (SSSR count). The van der Waals surface area contributed by atoms with Crippen LogP contribution < -0.4 is 15.0 Å². The van der Waals surface area contributed by atoms with Crippen molar-refractivity contribution in [3.05, 3.63) is 78.6 Å². The first-order valence-corrected chi connectivity index (χ1v) is 9.36. The van der Waals surface area contributed by atoms with Gasteiger partial charge < -0.3 is 10.1 Å². The predicted molar refractivity (Wildman–Crippen MR) is 104 cm³/mol. The molecule has 0 fully saturated rings. The monoisotopic (exact) mass is 380 g/mol. The van der Waals surface area contributed by atoms with Crippen LogP contribution in [-0.2, 0) is 0 Å². The average molecular weight is 380 g/mol. The number of hydrogen-bond donors (Lipinski definition) is 1. The van der Waals surface area contributed by atoms with Crippen LogP contribution in [0.5, 0.6) is 5.75 Å².